The van der Waals surface area contributed by atoms with Gasteiger partial charge in [0.15, 0.2) is 0 Å². The lowest BCUT2D eigenvalue weighted by molar-refractivity contribution is -0.387. The van der Waals surface area contributed by atoms with Crippen LogP contribution in [0.2, 0.25) is 0 Å². The maximum Gasteiger partial charge on any atom is 0.305 e. The zero-order chi connectivity index (χ0) is 15.4. The molecule has 0 aliphatic carbocycles. The van der Waals surface area contributed by atoms with Crippen molar-refractivity contribution < 1.29 is 9.31 Å². The van der Waals surface area contributed by atoms with Gasteiger partial charge >= 0.3 is 5.69 Å². The van der Waals surface area contributed by atoms with Crippen LogP contribution in [-0.2, 0) is 13.1 Å². The third kappa shape index (κ3) is 3.85. The number of nitrogens with one attached hydrogen (secondary N) is 1. The highest BCUT2D eigenvalue weighted by Crippen LogP contribution is 2.20. The number of rotatable bonds is 6. The molecular weight excluding hydrogens is 275 g/mol. The Hall–Kier alpha value is -2.28. The normalized spacial score (nSPS) is 11.0. The van der Waals surface area contributed by atoms with E-state index in [2.05, 4.69) is 10.4 Å². The minimum absolute atomic E-state index is 0.162. The molecule has 0 fully saturated rings. The molecule has 0 saturated heterocycles. The van der Waals surface area contributed by atoms with Gasteiger partial charge in [-0.2, -0.15) is 9.49 Å². The molecule has 0 amide bonds. The van der Waals surface area contributed by atoms with Crippen LogP contribution in [-0.4, -0.2) is 20.7 Å². The van der Waals surface area contributed by atoms with Crippen molar-refractivity contribution in [1.29, 1.82) is 0 Å². The van der Waals surface area contributed by atoms with Gasteiger partial charge < -0.3 is 5.32 Å². The van der Waals surface area contributed by atoms with Crippen LogP contribution in [0, 0.1) is 15.9 Å². The summed E-state index contributed by atoms with van der Waals surface area (Å²) in [6.07, 6.45) is 3.50. The molecule has 6 nitrogen and oxygen atoms in total. The van der Waals surface area contributed by atoms with Crippen molar-refractivity contribution in [2.24, 2.45) is 0 Å². The van der Waals surface area contributed by atoms with Gasteiger partial charge in [-0.15, -0.1) is 0 Å². The maximum absolute atomic E-state index is 14.0. The number of benzene rings is 1. The summed E-state index contributed by atoms with van der Waals surface area (Å²) in [6.45, 7) is 4.93. The van der Waals surface area contributed by atoms with E-state index in [1.165, 1.54) is 12.1 Å². The van der Waals surface area contributed by atoms with E-state index in [-0.39, 0.29) is 12.1 Å². The van der Waals surface area contributed by atoms with E-state index in [1.54, 1.807) is 17.1 Å². The molecule has 1 heterocycles. The average Bonchev–Trinajstić information content (AvgIpc) is 2.86. The summed E-state index contributed by atoms with van der Waals surface area (Å²) in [4.78, 5) is 9.99. The summed E-state index contributed by atoms with van der Waals surface area (Å²) < 4.78 is 15.5. The van der Waals surface area contributed by atoms with Crippen LogP contribution in [0.3, 0.4) is 0 Å². The smallest absolute Gasteiger partial charge is 0.305 e. The summed E-state index contributed by atoms with van der Waals surface area (Å²) >= 11 is 0. The van der Waals surface area contributed by atoms with E-state index in [4.69, 9.17) is 0 Å². The highest BCUT2D eigenvalue weighted by atomic mass is 19.1. The number of nitro benzene ring substituents is 1. The van der Waals surface area contributed by atoms with Gasteiger partial charge in [0.25, 0.3) is 0 Å². The Morgan fingerprint density at radius 2 is 2.24 bits per heavy atom. The molecule has 1 aromatic heterocycles. The second-order valence-electron chi connectivity index (χ2n) is 5.09. The topological polar surface area (TPSA) is 73.0 Å². The number of nitrogens with zero attached hydrogens (tertiary/aromatic N) is 3. The minimum atomic E-state index is -0.806. The Morgan fingerprint density at radius 1 is 1.48 bits per heavy atom. The van der Waals surface area contributed by atoms with Crippen LogP contribution < -0.4 is 5.32 Å². The van der Waals surface area contributed by atoms with Crippen molar-refractivity contribution in [2.45, 2.75) is 33.0 Å². The van der Waals surface area contributed by atoms with Crippen molar-refractivity contribution in [1.82, 2.24) is 15.1 Å². The lowest BCUT2D eigenvalue weighted by atomic mass is 10.2. The summed E-state index contributed by atoms with van der Waals surface area (Å²) in [7, 11) is 0. The first-order valence-corrected chi connectivity index (χ1v) is 6.64. The first-order valence-electron chi connectivity index (χ1n) is 6.64. The maximum atomic E-state index is 14.0. The standard InChI is InChI=1S/C14H17FN4O2/c1-10(2)16-6-11-7-17-18(8-11)9-12-4-3-5-13(14(12)15)19(20)21/h3-5,7-8,10,16H,6,9H2,1-2H3. The van der Waals surface area contributed by atoms with Gasteiger partial charge in [0.2, 0.25) is 5.82 Å². The van der Waals surface area contributed by atoms with Gasteiger partial charge in [0.05, 0.1) is 17.7 Å². The zero-order valence-corrected chi connectivity index (χ0v) is 11.9. The molecular formula is C14H17FN4O2. The van der Waals surface area contributed by atoms with Crippen molar-refractivity contribution in [2.75, 3.05) is 0 Å². The van der Waals surface area contributed by atoms with E-state index >= 15 is 0 Å². The highest BCUT2D eigenvalue weighted by Gasteiger charge is 2.17. The second-order valence-corrected chi connectivity index (χ2v) is 5.09. The van der Waals surface area contributed by atoms with Crippen molar-refractivity contribution in [3.63, 3.8) is 0 Å². The van der Waals surface area contributed by atoms with Crippen molar-refractivity contribution in [3.8, 4) is 0 Å². The largest absolute Gasteiger partial charge is 0.310 e. The Balaban J connectivity index is 2.12. The number of aromatic nitrogens is 2. The Kier molecular flexibility index (Phi) is 4.64. The van der Waals surface area contributed by atoms with Crippen LogP contribution in [0.25, 0.3) is 0 Å². The first-order chi connectivity index (χ1) is 9.97. The van der Waals surface area contributed by atoms with E-state index in [1.807, 2.05) is 13.8 Å². The fourth-order valence-electron chi connectivity index (χ4n) is 1.91. The van der Waals surface area contributed by atoms with Crippen LogP contribution in [0.4, 0.5) is 10.1 Å². The minimum Gasteiger partial charge on any atom is -0.310 e. The van der Waals surface area contributed by atoms with Gasteiger partial charge in [0.1, 0.15) is 0 Å². The van der Waals surface area contributed by atoms with Crippen LogP contribution in [0.1, 0.15) is 25.0 Å². The van der Waals surface area contributed by atoms with Crippen LogP contribution >= 0.6 is 0 Å². The SMILES string of the molecule is CC(C)NCc1cnn(Cc2cccc([N+](=O)[O-])c2F)c1. The number of hydrogen-bond donors (Lipinski definition) is 1. The molecule has 0 radical (unpaired) electrons. The van der Waals surface area contributed by atoms with E-state index in [9.17, 15) is 14.5 Å². The molecule has 7 heteroatoms. The van der Waals surface area contributed by atoms with Crippen LogP contribution in [0.5, 0.6) is 0 Å². The first kappa shape index (κ1) is 15.1. The molecule has 0 bridgehead atoms. The van der Waals surface area contributed by atoms with E-state index in [0.29, 0.717) is 12.6 Å². The van der Waals surface area contributed by atoms with Gasteiger partial charge in [-0.1, -0.05) is 26.0 Å². The molecule has 0 saturated carbocycles. The second kappa shape index (κ2) is 6.45. The van der Waals surface area contributed by atoms with Crippen molar-refractivity contribution in [3.05, 3.63) is 57.7 Å². The molecule has 0 spiro atoms. The van der Waals surface area contributed by atoms with E-state index < -0.39 is 16.4 Å². The highest BCUT2D eigenvalue weighted by molar-refractivity contribution is 5.36. The summed E-state index contributed by atoms with van der Waals surface area (Å²) in [5, 5.41) is 18.1. The fraction of sp³-hybridized carbons (Fsp3) is 0.357. The number of nitro groups is 1. The monoisotopic (exact) mass is 292 g/mol. The molecule has 21 heavy (non-hydrogen) atoms. The Bertz CT molecular complexity index is 640. The summed E-state index contributed by atoms with van der Waals surface area (Å²) in [5.74, 6) is -0.806. The van der Waals surface area contributed by atoms with Gasteiger partial charge in [-0.3, -0.25) is 14.8 Å². The molecule has 0 aliphatic rings. The van der Waals surface area contributed by atoms with Gasteiger partial charge in [0, 0.05) is 36.0 Å². The molecule has 0 atom stereocenters. The summed E-state index contributed by atoms with van der Waals surface area (Å²) in [5.41, 5.74) is 0.714. The molecule has 2 aromatic rings. The molecule has 1 aromatic carbocycles. The lowest BCUT2D eigenvalue weighted by Gasteiger charge is -2.05. The molecule has 112 valence electrons. The fourth-order valence-corrected chi connectivity index (χ4v) is 1.91. The predicted molar refractivity (Wildman–Crippen MR) is 76.4 cm³/mol. The van der Waals surface area contributed by atoms with E-state index in [0.717, 1.165) is 11.6 Å². The molecule has 0 aliphatic heterocycles. The molecule has 2 rings (SSSR count). The lowest BCUT2D eigenvalue weighted by Crippen LogP contribution is -2.21. The number of halogens is 1. The van der Waals surface area contributed by atoms with Crippen molar-refractivity contribution >= 4 is 5.69 Å². The average molecular weight is 292 g/mol. The van der Waals surface area contributed by atoms with Gasteiger partial charge in [-0.05, 0) is 0 Å². The molecule has 1 N–H and O–H groups in total. The molecule has 0 unspecified atom stereocenters. The third-order valence-corrected chi connectivity index (χ3v) is 2.99. The predicted octanol–water partition coefficient (Wildman–Crippen LogP) is 2.48. The van der Waals surface area contributed by atoms with Crippen LogP contribution in [0.15, 0.2) is 30.6 Å². The third-order valence-electron chi connectivity index (χ3n) is 2.99. The Morgan fingerprint density at radius 3 is 2.90 bits per heavy atom. The Labute approximate surface area is 121 Å². The van der Waals surface area contributed by atoms with Gasteiger partial charge in [-0.25, -0.2) is 0 Å². The quantitative estimate of drug-likeness (QED) is 0.655. The zero-order valence-electron chi connectivity index (χ0n) is 11.9. The summed E-state index contributed by atoms with van der Waals surface area (Å²) in [6, 6.07) is 4.51. The number of hydrogen-bond acceptors (Lipinski definition) is 4.